The van der Waals surface area contributed by atoms with E-state index in [1.54, 1.807) is 0 Å². The van der Waals surface area contributed by atoms with Gasteiger partial charge in [-0.05, 0) is 57.6 Å². The molecule has 0 amide bonds. The van der Waals surface area contributed by atoms with Crippen LogP contribution >= 0.6 is 0 Å². The van der Waals surface area contributed by atoms with Crippen LogP contribution < -0.4 is 4.74 Å². The second-order valence-electron chi connectivity index (χ2n) is 6.96. The van der Waals surface area contributed by atoms with Gasteiger partial charge in [0.25, 0.3) is 0 Å². The lowest BCUT2D eigenvalue weighted by atomic mass is 10.1. The fourth-order valence-corrected chi connectivity index (χ4v) is 3.67. The predicted octanol–water partition coefficient (Wildman–Crippen LogP) is 3.64. The number of ether oxygens (including phenoxy) is 2. The number of benzene rings is 1. The Morgan fingerprint density at radius 1 is 1.08 bits per heavy atom. The van der Waals surface area contributed by atoms with Crippen LogP contribution in [-0.2, 0) is 9.53 Å². The molecule has 0 bridgehead atoms. The number of aryl methyl sites for hydroxylation is 2. The lowest BCUT2D eigenvalue weighted by Crippen LogP contribution is -2.54. The Bertz CT molecular complexity index is 513. The summed E-state index contributed by atoms with van der Waals surface area (Å²) in [5.41, 5.74) is 2.34. The van der Waals surface area contributed by atoms with E-state index in [4.69, 9.17) is 9.47 Å². The Labute approximate surface area is 146 Å². The summed E-state index contributed by atoms with van der Waals surface area (Å²) < 4.78 is 12.1. The second-order valence-corrected chi connectivity index (χ2v) is 6.96. The fourth-order valence-electron chi connectivity index (χ4n) is 3.67. The molecule has 1 heterocycles. The number of hydrogen-bond donors (Lipinski definition) is 0. The number of quaternary nitrogens is 1. The van der Waals surface area contributed by atoms with Crippen molar-refractivity contribution in [3.05, 3.63) is 29.3 Å². The van der Waals surface area contributed by atoms with Crippen molar-refractivity contribution in [2.24, 2.45) is 0 Å². The molecule has 0 unspecified atom stereocenters. The lowest BCUT2D eigenvalue weighted by Gasteiger charge is -2.36. The standard InChI is InChI=1S/C20H32NO3/c1-4-23-19(22)16-21(12-7-5-6-8-13-21)14-15-24-20-17(2)10-9-11-18(20)3/h9-11H,4-8,12-16H2,1-3H3/q+1. The third-order valence-electron chi connectivity index (χ3n) is 5.01. The second kappa shape index (κ2) is 9.07. The maximum atomic E-state index is 12.1. The third kappa shape index (κ3) is 5.23. The Balaban J connectivity index is 2.01. The number of likely N-dealkylation sites (tertiary alicyclic amines) is 1. The van der Waals surface area contributed by atoms with Gasteiger partial charge < -0.3 is 14.0 Å². The van der Waals surface area contributed by atoms with Gasteiger partial charge in [-0.15, -0.1) is 0 Å². The fraction of sp³-hybridized carbons (Fsp3) is 0.650. The Morgan fingerprint density at radius 3 is 2.29 bits per heavy atom. The molecule has 4 heteroatoms. The zero-order valence-corrected chi connectivity index (χ0v) is 15.5. The summed E-state index contributed by atoms with van der Waals surface area (Å²) in [7, 11) is 0. The molecule has 0 atom stereocenters. The summed E-state index contributed by atoms with van der Waals surface area (Å²) in [5.74, 6) is 0.910. The van der Waals surface area contributed by atoms with Gasteiger partial charge in [-0.3, -0.25) is 0 Å². The van der Waals surface area contributed by atoms with Crippen molar-refractivity contribution < 1.29 is 18.8 Å². The molecule has 1 aliphatic heterocycles. The van der Waals surface area contributed by atoms with Crippen molar-refractivity contribution in [1.29, 1.82) is 0 Å². The minimum Gasteiger partial charge on any atom is -0.487 e. The maximum Gasteiger partial charge on any atom is 0.361 e. The molecule has 1 aromatic rings. The van der Waals surface area contributed by atoms with Crippen LogP contribution in [0.15, 0.2) is 18.2 Å². The highest BCUT2D eigenvalue weighted by Gasteiger charge is 2.32. The van der Waals surface area contributed by atoms with Gasteiger partial charge in [0.05, 0.1) is 19.7 Å². The summed E-state index contributed by atoms with van der Waals surface area (Å²) in [5, 5.41) is 0. The molecule has 1 aromatic carbocycles. The minimum atomic E-state index is -0.0773. The van der Waals surface area contributed by atoms with Crippen molar-refractivity contribution in [1.82, 2.24) is 0 Å². The number of nitrogens with zero attached hydrogens (tertiary/aromatic N) is 1. The van der Waals surface area contributed by atoms with Crippen molar-refractivity contribution in [2.45, 2.75) is 46.5 Å². The molecule has 0 aromatic heterocycles. The van der Waals surface area contributed by atoms with Crippen LogP contribution in [0.1, 0.15) is 43.7 Å². The van der Waals surface area contributed by atoms with E-state index in [0.717, 1.165) is 29.9 Å². The van der Waals surface area contributed by atoms with Crippen LogP contribution in [0.4, 0.5) is 0 Å². The first-order valence-electron chi connectivity index (χ1n) is 9.26. The number of carbonyl (C=O) groups is 1. The van der Waals surface area contributed by atoms with E-state index < -0.39 is 0 Å². The zero-order chi connectivity index (χ0) is 17.4. The highest BCUT2D eigenvalue weighted by molar-refractivity contribution is 5.70. The average molecular weight is 334 g/mol. The summed E-state index contributed by atoms with van der Waals surface area (Å²) in [6, 6.07) is 6.22. The van der Waals surface area contributed by atoms with Gasteiger partial charge in [-0.25, -0.2) is 4.79 Å². The van der Waals surface area contributed by atoms with E-state index in [-0.39, 0.29) is 5.97 Å². The summed E-state index contributed by atoms with van der Waals surface area (Å²) >= 11 is 0. The number of rotatable bonds is 7. The quantitative estimate of drug-likeness (QED) is 0.564. The van der Waals surface area contributed by atoms with E-state index in [9.17, 15) is 4.79 Å². The van der Waals surface area contributed by atoms with Gasteiger partial charge >= 0.3 is 5.97 Å². The highest BCUT2D eigenvalue weighted by Crippen LogP contribution is 2.23. The van der Waals surface area contributed by atoms with E-state index in [1.165, 1.54) is 36.8 Å². The molecular weight excluding hydrogens is 302 g/mol. The molecule has 1 aliphatic rings. The maximum absolute atomic E-state index is 12.1. The number of para-hydroxylation sites is 1. The van der Waals surface area contributed by atoms with Crippen molar-refractivity contribution in [3.63, 3.8) is 0 Å². The SMILES string of the molecule is CCOC(=O)C[N+]1(CCOc2c(C)cccc2C)CCCCCC1. The lowest BCUT2D eigenvalue weighted by molar-refractivity contribution is -0.920. The molecule has 0 radical (unpaired) electrons. The molecule has 2 rings (SSSR count). The van der Waals surface area contributed by atoms with Crippen LogP contribution in [0.25, 0.3) is 0 Å². The van der Waals surface area contributed by atoms with Crippen LogP contribution in [0, 0.1) is 13.8 Å². The molecule has 0 saturated carbocycles. The van der Waals surface area contributed by atoms with Crippen molar-refractivity contribution in [3.8, 4) is 5.75 Å². The van der Waals surface area contributed by atoms with Crippen molar-refractivity contribution >= 4 is 5.97 Å². The molecule has 1 saturated heterocycles. The van der Waals surface area contributed by atoms with Crippen LogP contribution in [0.2, 0.25) is 0 Å². The Morgan fingerprint density at radius 2 is 1.71 bits per heavy atom. The Kier molecular flexibility index (Phi) is 7.10. The topological polar surface area (TPSA) is 35.5 Å². The van der Waals surface area contributed by atoms with Crippen LogP contribution in [0.5, 0.6) is 5.75 Å². The molecule has 0 spiro atoms. The van der Waals surface area contributed by atoms with E-state index in [0.29, 0.717) is 19.8 Å². The molecule has 0 N–H and O–H groups in total. The molecule has 0 aliphatic carbocycles. The van der Waals surface area contributed by atoms with Crippen LogP contribution in [0.3, 0.4) is 0 Å². The van der Waals surface area contributed by atoms with Gasteiger partial charge in [0, 0.05) is 0 Å². The zero-order valence-electron chi connectivity index (χ0n) is 15.5. The monoisotopic (exact) mass is 334 g/mol. The Hall–Kier alpha value is -1.55. The minimum absolute atomic E-state index is 0.0773. The predicted molar refractivity (Wildman–Crippen MR) is 96.2 cm³/mol. The normalized spacial score (nSPS) is 17.1. The van der Waals surface area contributed by atoms with Gasteiger partial charge in [0.15, 0.2) is 6.54 Å². The molecule has 134 valence electrons. The first-order valence-corrected chi connectivity index (χ1v) is 9.26. The highest BCUT2D eigenvalue weighted by atomic mass is 16.5. The van der Waals surface area contributed by atoms with E-state index in [2.05, 4.69) is 32.0 Å². The third-order valence-corrected chi connectivity index (χ3v) is 5.01. The van der Waals surface area contributed by atoms with Crippen molar-refractivity contribution in [2.75, 3.05) is 39.4 Å². The van der Waals surface area contributed by atoms with Gasteiger partial charge in [0.2, 0.25) is 0 Å². The number of esters is 1. The number of hydrogen-bond acceptors (Lipinski definition) is 3. The summed E-state index contributed by atoms with van der Waals surface area (Å²) in [6.45, 7) is 10.6. The summed E-state index contributed by atoms with van der Waals surface area (Å²) in [6.07, 6.45) is 4.90. The molecule has 1 fully saturated rings. The smallest absolute Gasteiger partial charge is 0.361 e. The van der Waals surface area contributed by atoms with Crippen LogP contribution in [-0.4, -0.2) is 49.8 Å². The first kappa shape index (κ1) is 18.8. The number of carbonyl (C=O) groups excluding carboxylic acids is 1. The molecule has 24 heavy (non-hydrogen) atoms. The average Bonchev–Trinajstić information content (AvgIpc) is 2.76. The molecule has 4 nitrogen and oxygen atoms in total. The van der Waals surface area contributed by atoms with E-state index >= 15 is 0 Å². The first-order chi connectivity index (χ1) is 11.6. The van der Waals surface area contributed by atoms with Gasteiger partial charge in [-0.1, -0.05) is 18.2 Å². The summed E-state index contributed by atoms with van der Waals surface area (Å²) in [4.78, 5) is 12.1. The van der Waals surface area contributed by atoms with Gasteiger partial charge in [-0.2, -0.15) is 0 Å². The molecular formula is C20H32NO3+. The van der Waals surface area contributed by atoms with E-state index in [1.807, 2.05) is 6.92 Å². The van der Waals surface area contributed by atoms with Gasteiger partial charge in [0.1, 0.15) is 18.9 Å². The largest absolute Gasteiger partial charge is 0.487 e.